The third-order valence-electron chi connectivity index (χ3n) is 2.68. The van der Waals surface area contributed by atoms with E-state index in [0.717, 1.165) is 24.0 Å². The summed E-state index contributed by atoms with van der Waals surface area (Å²) >= 11 is 3.26. The van der Waals surface area contributed by atoms with Crippen LogP contribution >= 0.6 is 15.9 Å². The first-order valence-corrected chi connectivity index (χ1v) is 5.99. The Morgan fingerprint density at radius 2 is 2.20 bits per heavy atom. The van der Waals surface area contributed by atoms with Crippen molar-refractivity contribution in [2.45, 2.75) is 18.3 Å². The van der Waals surface area contributed by atoms with Crippen molar-refractivity contribution in [3.8, 4) is 17.9 Å². The third-order valence-corrected chi connectivity index (χ3v) is 2.96. The van der Waals surface area contributed by atoms with Crippen molar-refractivity contribution in [3.63, 3.8) is 0 Å². The lowest BCUT2D eigenvalue weighted by Crippen LogP contribution is -2.02. The lowest BCUT2D eigenvalue weighted by Gasteiger charge is -2.05. The third kappa shape index (κ3) is 2.06. The number of alkyl halides is 1. The van der Waals surface area contributed by atoms with Crippen LogP contribution in [0.25, 0.3) is 0 Å². The molecule has 0 radical (unpaired) electrons. The van der Waals surface area contributed by atoms with Crippen molar-refractivity contribution in [2.75, 3.05) is 5.33 Å². The number of benzene rings is 1. The highest BCUT2D eigenvalue weighted by molar-refractivity contribution is 9.09. The molecule has 0 bridgehead atoms. The van der Waals surface area contributed by atoms with Gasteiger partial charge in [-0.1, -0.05) is 39.9 Å². The minimum Gasteiger partial charge on any atom is -0.197 e. The average molecular weight is 260 g/mol. The summed E-state index contributed by atoms with van der Waals surface area (Å²) < 4.78 is 0. The van der Waals surface area contributed by atoms with Gasteiger partial charge in [-0.2, -0.15) is 5.26 Å². The Morgan fingerprint density at radius 3 is 2.80 bits per heavy atom. The van der Waals surface area contributed by atoms with Crippen LogP contribution in [0.3, 0.4) is 0 Å². The second-order valence-corrected chi connectivity index (χ2v) is 4.27. The SMILES string of the molecule is N#CC1(c2cccc(C#CCBr)c2)CC1. The molecule has 15 heavy (non-hydrogen) atoms. The molecule has 2 heteroatoms. The van der Waals surface area contributed by atoms with E-state index in [1.165, 1.54) is 0 Å². The number of hydrogen-bond donors (Lipinski definition) is 0. The van der Waals surface area contributed by atoms with Crippen molar-refractivity contribution in [1.29, 1.82) is 5.26 Å². The van der Waals surface area contributed by atoms with Gasteiger partial charge in [0.15, 0.2) is 0 Å². The predicted octanol–water partition coefficient (Wildman–Crippen LogP) is 2.99. The highest BCUT2D eigenvalue weighted by Crippen LogP contribution is 2.47. The lowest BCUT2D eigenvalue weighted by atomic mass is 9.96. The Labute approximate surface area is 98.2 Å². The second kappa shape index (κ2) is 4.09. The smallest absolute Gasteiger partial charge is 0.0824 e. The molecular formula is C13H10BrN. The fourth-order valence-electron chi connectivity index (χ4n) is 1.62. The summed E-state index contributed by atoms with van der Waals surface area (Å²) in [4.78, 5) is 0. The maximum absolute atomic E-state index is 9.08. The molecule has 0 aliphatic heterocycles. The number of hydrogen-bond acceptors (Lipinski definition) is 1. The van der Waals surface area contributed by atoms with Crippen molar-refractivity contribution >= 4 is 15.9 Å². The van der Waals surface area contributed by atoms with Crippen LogP contribution in [0.5, 0.6) is 0 Å². The Bertz CT molecular complexity index is 469. The van der Waals surface area contributed by atoms with Crippen LogP contribution in [0.1, 0.15) is 24.0 Å². The molecule has 74 valence electrons. The largest absolute Gasteiger partial charge is 0.197 e. The molecule has 0 saturated heterocycles. The minimum absolute atomic E-state index is 0.202. The summed E-state index contributed by atoms with van der Waals surface area (Å²) in [7, 11) is 0. The topological polar surface area (TPSA) is 23.8 Å². The second-order valence-electron chi connectivity index (χ2n) is 3.71. The Hall–Kier alpha value is -1.25. The minimum atomic E-state index is -0.202. The first-order chi connectivity index (χ1) is 7.30. The van der Waals surface area contributed by atoms with E-state index in [0.29, 0.717) is 5.33 Å². The molecule has 0 atom stereocenters. The van der Waals surface area contributed by atoms with Gasteiger partial charge in [0, 0.05) is 5.56 Å². The van der Waals surface area contributed by atoms with Gasteiger partial charge in [0.25, 0.3) is 0 Å². The highest BCUT2D eigenvalue weighted by Gasteiger charge is 2.44. The maximum Gasteiger partial charge on any atom is 0.0824 e. The van der Waals surface area contributed by atoms with Crippen LogP contribution < -0.4 is 0 Å². The molecule has 1 aromatic rings. The zero-order valence-electron chi connectivity index (χ0n) is 8.26. The molecule has 0 unspecified atom stereocenters. The van der Waals surface area contributed by atoms with E-state index in [-0.39, 0.29) is 5.41 Å². The monoisotopic (exact) mass is 259 g/mol. The summed E-state index contributed by atoms with van der Waals surface area (Å²) in [6.07, 6.45) is 1.97. The van der Waals surface area contributed by atoms with Crippen LogP contribution in [0.2, 0.25) is 0 Å². The standard InChI is InChI=1S/C13H10BrN/c14-8-2-4-11-3-1-5-12(9-11)13(10-15)6-7-13/h1,3,5,9H,6-8H2. The van der Waals surface area contributed by atoms with Gasteiger partial charge in [0.1, 0.15) is 0 Å². The molecular weight excluding hydrogens is 250 g/mol. The quantitative estimate of drug-likeness (QED) is 0.562. The lowest BCUT2D eigenvalue weighted by molar-refractivity contribution is 0.908. The van der Waals surface area contributed by atoms with Gasteiger partial charge >= 0.3 is 0 Å². The van der Waals surface area contributed by atoms with Crippen LogP contribution in [0, 0.1) is 23.2 Å². The van der Waals surface area contributed by atoms with Gasteiger partial charge < -0.3 is 0 Å². The average Bonchev–Trinajstić information content (AvgIpc) is 3.08. The molecule has 0 N–H and O–H groups in total. The Morgan fingerprint density at radius 1 is 1.40 bits per heavy atom. The molecule has 0 amide bonds. The zero-order chi connectivity index (χ0) is 10.7. The normalized spacial score (nSPS) is 16.0. The van der Waals surface area contributed by atoms with E-state index >= 15 is 0 Å². The molecule has 1 aromatic carbocycles. The maximum atomic E-state index is 9.08. The summed E-state index contributed by atoms with van der Waals surface area (Å²) in [5.41, 5.74) is 1.91. The molecule has 1 fully saturated rings. The number of nitrogens with zero attached hydrogens (tertiary/aromatic N) is 1. The summed E-state index contributed by atoms with van der Waals surface area (Å²) in [6, 6.07) is 10.4. The summed E-state index contributed by atoms with van der Waals surface area (Å²) in [5, 5.41) is 9.76. The zero-order valence-corrected chi connectivity index (χ0v) is 9.84. The van der Waals surface area contributed by atoms with Crippen LogP contribution in [0.15, 0.2) is 24.3 Å². The van der Waals surface area contributed by atoms with E-state index < -0.39 is 0 Å². The van der Waals surface area contributed by atoms with E-state index in [1.807, 2.05) is 24.3 Å². The highest BCUT2D eigenvalue weighted by atomic mass is 79.9. The van der Waals surface area contributed by atoms with Crippen LogP contribution in [0.4, 0.5) is 0 Å². The van der Waals surface area contributed by atoms with Crippen molar-refractivity contribution in [3.05, 3.63) is 35.4 Å². The molecule has 0 aromatic heterocycles. The van der Waals surface area contributed by atoms with Crippen LogP contribution in [-0.2, 0) is 5.41 Å². The van der Waals surface area contributed by atoms with Gasteiger partial charge in [0.2, 0.25) is 0 Å². The van der Waals surface area contributed by atoms with E-state index in [1.54, 1.807) is 0 Å². The Kier molecular flexibility index (Phi) is 2.80. The van der Waals surface area contributed by atoms with E-state index in [4.69, 9.17) is 5.26 Å². The van der Waals surface area contributed by atoms with E-state index in [9.17, 15) is 0 Å². The summed E-state index contributed by atoms with van der Waals surface area (Å²) in [5.74, 6) is 6.02. The fraction of sp³-hybridized carbons (Fsp3) is 0.308. The van der Waals surface area contributed by atoms with Crippen molar-refractivity contribution in [2.24, 2.45) is 0 Å². The first-order valence-electron chi connectivity index (χ1n) is 4.87. The van der Waals surface area contributed by atoms with Gasteiger partial charge in [-0.15, -0.1) is 0 Å². The first kappa shape index (κ1) is 10.3. The predicted molar refractivity (Wildman–Crippen MR) is 63.6 cm³/mol. The summed E-state index contributed by atoms with van der Waals surface area (Å²) in [6.45, 7) is 0. The number of nitriles is 1. The van der Waals surface area contributed by atoms with Crippen molar-refractivity contribution in [1.82, 2.24) is 0 Å². The number of halogens is 1. The van der Waals surface area contributed by atoms with Gasteiger partial charge in [-0.3, -0.25) is 0 Å². The molecule has 1 nitrogen and oxygen atoms in total. The Balaban J connectivity index is 2.32. The van der Waals surface area contributed by atoms with Gasteiger partial charge in [-0.25, -0.2) is 0 Å². The van der Waals surface area contributed by atoms with Crippen molar-refractivity contribution < 1.29 is 0 Å². The molecule has 1 aliphatic rings. The van der Waals surface area contributed by atoms with Gasteiger partial charge in [0.05, 0.1) is 16.8 Å². The molecule has 1 aliphatic carbocycles. The van der Waals surface area contributed by atoms with Crippen LogP contribution in [-0.4, -0.2) is 5.33 Å². The molecule has 1 saturated carbocycles. The molecule has 0 heterocycles. The fourth-order valence-corrected chi connectivity index (χ4v) is 1.76. The van der Waals surface area contributed by atoms with E-state index in [2.05, 4.69) is 33.8 Å². The molecule has 0 spiro atoms. The number of rotatable bonds is 1. The molecule has 2 rings (SSSR count). The van der Waals surface area contributed by atoms with Gasteiger partial charge in [-0.05, 0) is 30.5 Å².